The first kappa shape index (κ1) is 22.9. The lowest BCUT2D eigenvalue weighted by molar-refractivity contribution is -0.120. The zero-order valence-corrected chi connectivity index (χ0v) is 18.0. The van der Waals surface area contributed by atoms with Gasteiger partial charge in [0.1, 0.15) is 17.1 Å². The third-order valence-electron chi connectivity index (χ3n) is 4.84. The van der Waals surface area contributed by atoms with E-state index in [0.717, 1.165) is 53.2 Å². The largest absolute Gasteiger partial charge is 0.506 e. The topological polar surface area (TPSA) is 106 Å². The average molecular weight is 447 g/mol. The molecule has 7 nitrogen and oxygen atoms in total. The van der Waals surface area contributed by atoms with Crippen molar-refractivity contribution in [1.82, 2.24) is 20.9 Å². The lowest BCUT2D eigenvalue weighted by Gasteiger charge is -2.08. The van der Waals surface area contributed by atoms with Gasteiger partial charge in [-0.15, -0.1) is 0 Å². The lowest BCUT2D eigenvalue weighted by atomic mass is 10.1. The number of fused-ring (bicyclic) bond motifs is 1. The number of carbonyl (C=O) groups is 1. The fourth-order valence-electron chi connectivity index (χ4n) is 3.25. The average Bonchev–Trinajstić information content (AvgIpc) is 3.14. The Labute approximate surface area is 183 Å². The number of hydrogen-bond acceptors (Lipinski definition) is 6. The van der Waals surface area contributed by atoms with Gasteiger partial charge in [-0.05, 0) is 48.7 Å². The molecule has 9 heteroatoms. The van der Waals surface area contributed by atoms with E-state index in [2.05, 4.69) is 20.9 Å². The Morgan fingerprint density at radius 2 is 1.84 bits per heavy atom. The maximum absolute atomic E-state index is 13.1. The van der Waals surface area contributed by atoms with E-state index in [1.54, 1.807) is 12.1 Å². The summed E-state index contributed by atoms with van der Waals surface area (Å²) in [7, 11) is 0. The molecule has 3 aromatic rings. The normalized spacial score (nSPS) is 11.1. The number of phenolic OH excluding ortho intramolecular Hbond substituents is 1. The number of aromatic amines is 1. The molecule has 31 heavy (non-hydrogen) atoms. The second kappa shape index (κ2) is 11.6. The first-order valence-electron chi connectivity index (χ1n) is 10.3. The van der Waals surface area contributed by atoms with Gasteiger partial charge in [-0.2, -0.15) is 0 Å². The zero-order valence-electron chi connectivity index (χ0n) is 17.2. The summed E-state index contributed by atoms with van der Waals surface area (Å²) in [6.45, 7) is 3.31. The van der Waals surface area contributed by atoms with Crippen molar-refractivity contribution in [3.63, 3.8) is 0 Å². The molecule has 0 saturated heterocycles. The first-order valence-corrected chi connectivity index (χ1v) is 11.1. The SMILES string of the molecule is O=C(CCNCCNCCc1ccc(O)c2[nH]c(=O)sc12)NCCc1cccc(F)c1. The molecule has 2 aromatic carbocycles. The van der Waals surface area contributed by atoms with Crippen molar-refractivity contribution in [1.29, 1.82) is 0 Å². The highest BCUT2D eigenvalue weighted by Crippen LogP contribution is 2.27. The Bertz CT molecular complexity index is 1070. The van der Waals surface area contributed by atoms with Crippen molar-refractivity contribution in [3.05, 3.63) is 63.0 Å². The van der Waals surface area contributed by atoms with Crippen molar-refractivity contribution in [2.24, 2.45) is 0 Å². The highest BCUT2D eigenvalue weighted by Gasteiger charge is 2.09. The maximum Gasteiger partial charge on any atom is 0.305 e. The van der Waals surface area contributed by atoms with Crippen LogP contribution in [0.2, 0.25) is 0 Å². The maximum atomic E-state index is 13.1. The summed E-state index contributed by atoms with van der Waals surface area (Å²) in [4.78, 5) is 25.9. The summed E-state index contributed by atoms with van der Waals surface area (Å²) >= 11 is 1.11. The Hall–Kier alpha value is -2.75. The molecular formula is C22H27FN4O3S. The van der Waals surface area contributed by atoms with Crippen LogP contribution in [0.4, 0.5) is 4.39 Å². The third kappa shape index (κ3) is 7.16. The van der Waals surface area contributed by atoms with Crippen LogP contribution in [-0.4, -0.2) is 48.7 Å². The van der Waals surface area contributed by atoms with E-state index in [1.807, 2.05) is 12.1 Å². The zero-order chi connectivity index (χ0) is 22.1. The van der Waals surface area contributed by atoms with Gasteiger partial charge in [0.05, 0.1) is 4.70 Å². The van der Waals surface area contributed by atoms with Crippen LogP contribution in [0.3, 0.4) is 0 Å². The number of hydrogen-bond donors (Lipinski definition) is 5. The summed E-state index contributed by atoms with van der Waals surface area (Å²) in [5.41, 5.74) is 2.39. The van der Waals surface area contributed by atoms with Gasteiger partial charge in [0.2, 0.25) is 5.91 Å². The number of aromatic nitrogens is 1. The molecule has 0 saturated carbocycles. The van der Waals surface area contributed by atoms with Crippen LogP contribution in [-0.2, 0) is 17.6 Å². The van der Waals surface area contributed by atoms with Crippen LogP contribution in [0.15, 0.2) is 41.2 Å². The molecule has 0 fully saturated rings. The number of amides is 1. The van der Waals surface area contributed by atoms with Gasteiger partial charge < -0.3 is 26.0 Å². The van der Waals surface area contributed by atoms with E-state index >= 15 is 0 Å². The molecule has 3 rings (SSSR count). The Morgan fingerprint density at radius 3 is 2.65 bits per heavy atom. The monoisotopic (exact) mass is 446 g/mol. The highest BCUT2D eigenvalue weighted by atomic mass is 32.1. The fraction of sp³-hybridized carbons (Fsp3) is 0.364. The molecule has 1 aromatic heterocycles. The van der Waals surface area contributed by atoms with Crippen LogP contribution in [0.5, 0.6) is 5.75 Å². The number of rotatable bonds is 12. The number of thiazole rings is 1. The summed E-state index contributed by atoms with van der Waals surface area (Å²) in [5, 5.41) is 19.2. The molecule has 0 unspecified atom stereocenters. The van der Waals surface area contributed by atoms with Crippen LogP contribution < -0.4 is 20.8 Å². The molecule has 166 valence electrons. The predicted molar refractivity (Wildman–Crippen MR) is 121 cm³/mol. The van der Waals surface area contributed by atoms with E-state index in [9.17, 15) is 19.1 Å². The van der Waals surface area contributed by atoms with Crippen molar-refractivity contribution < 1.29 is 14.3 Å². The van der Waals surface area contributed by atoms with Crippen LogP contribution in [0.25, 0.3) is 10.2 Å². The summed E-state index contributed by atoms with van der Waals surface area (Å²) in [6.07, 6.45) is 1.74. The van der Waals surface area contributed by atoms with Crippen molar-refractivity contribution >= 4 is 27.5 Å². The second-order valence-electron chi connectivity index (χ2n) is 7.19. The van der Waals surface area contributed by atoms with Gasteiger partial charge in [0, 0.05) is 32.6 Å². The van der Waals surface area contributed by atoms with Crippen molar-refractivity contribution in [2.75, 3.05) is 32.7 Å². The van der Waals surface area contributed by atoms with Crippen LogP contribution >= 0.6 is 11.3 Å². The molecule has 0 spiro atoms. The minimum atomic E-state index is -0.264. The van der Waals surface area contributed by atoms with E-state index in [-0.39, 0.29) is 22.3 Å². The smallest absolute Gasteiger partial charge is 0.305 e. The number of carbonyl (C=O) groups excluding carboxylic acids is 1. The van der Waals surface area contributed by atoms with Gasteiger partial charge >= 0.3 is 4.87 Å². The van der Waals surface area contributed by atoms with Gasteiger partial charge in [-0.1, -0.05) is 29.5 Å². The number of halogens is 1. The van der Waals surface area contributed by atoms with Crippen molar-refractivity contribution in [2.45, 2.75) is 19.3 Å². The highest BCUT2D eigenvalue weighted by molar-refractivity contribution is 7.16. The minimum absolute atomic E-state index is 0.0290. The first-order chi connectivity index (χ1) is 15.0. The predicted octanol–water partition coefficient (Wildman–Crippen LogP) is 1.91. The van der Waals surface area contributed by atoms with Gasteiger partial charge in [0.25, 0.3) is 0 Å². The third-order valence-corrected chi connectivity index (χ3v) is 5.80. The van der Waals surface area contributed by atoms with Gasteiger partial charge in [0.15, 0.2) is 0 Å². The Morgan fingerprint density at radius 1 is 1.03 bits per heavy atom. The van der Waals surface area contributed by atoms with Crippen LogP contribution in [0.1, 0.15) is 17.5 Å². The molecule has 0 atom stereocenters. The quantitative estimate of drug-likeness (QED) is 0.273. The Balaban J connectivity index is 1.23. The van der Waals surface area contributed by atoms with Gasteiger partial charge in [-0.3, -0.25) is 9.59 Å². The number of benzene rings is 2. The molecule has 5 N–H and O–H groups in total. The number of aromatic hydroxyl groups is 1. The lowest BCUT2D eigenvalue weighted by Crippen LogP contribution is -2.32. The fourth-order valence-corrected chi connectivity index (χ4v) is 4.15. The summed E-state index contributed by atoms with van der Waals surface area (Å²) in [6, 6.07) is 9.83. The Kier molecular flexibility index (Phi) is 8.57. The minimum Gasteiger partial charge on any atom is -0.506 e. The summed E-state index contributed by atoms with van der Waals surface area (Å²) < 4.78 is 13.9. The molecule has 0 aliphatic rings. The molecule has 1 amide bonds. The van der Waals surface area contributed by atoms with E-state index in [0.29, 0.717) is 31.4 Å². The van der Waals surface area contributed by atoms with Crippen LogP contribution in [0, 0.1) is 5.82 Å². The molecule has 0 aliphatic carbocycles. The molecule has 0 bridgehead atoms. The van der Waals surface area contributed by atoms with Crippen molar-refractivity contribution in [3.8, 4) is 5.75 Å². The molecule has 0 aliphatic heterocycles. The number of nitrogens with one attached hydrogen (secondary N) is 4. The molecule has 1 heterocycles. The van der Waals surface area contributed by atoms with Gasteiger partial charge in [-0.25, -0.2) is 4.39 Å². The summed E-state index contributed by atoms with van der Waals surface area (Å²) in [5.74, 6) is -0.203. The number of H-pyrrole nitrogens is 1. The molecular weight excluding hydrogens is 419 g/mol. The second-order valence-corrected chi connectivity index (χ2v) is 8.18. The van der Waals surface area contributed by atoms with E-state index in [4.69, 9.17) is 0 Å². The molecule has 0 radical (unpaired) electrons. The number of phenols is 1. The van der Waals surface area contributed by atoms with E-state index in [1.165, 1.54) is 12.1 Å². The van der Waals surface area contributed by atoms with E-state index < -0.39 is 0 Å². The standard InChI is InChI=1S/C22H27FN4O3S/c23-17-3-1-2-15(14-17)6-11-26-19(29)8-10-25-13-12-24-9-7-16-4-5-18(28)20-21(16)31-22(30)27-20/h1-5,14,24-25,28H,6-13H2,(H,26,29)(H,27,30).